The molecule has 1 aliphatic carbocycles. The van der Waals surface area contributed by atoms with Crippen molar-refractivity contribution in [1.82, 2.24) is 24.5 Å². The zero-order valence-electron chi connectivity index (χ0n) is 29.7. The molecule has 4 aromatic heterocycles. The molecule has 1 aliphatic heterocycles. The summed E-state index contributed by atoms with van der Waals surface area (Å²) in [5.41, 5.74) is 15.9. The van der Waals surface area contributed by atoms with Gasteiger partial charge in [0.15, 0.2) is 11.5 Å². The summed E-state index contributed by atoms with van der Waals surface area (Å²) in [5, 5.41) is 5.69. The Morgan fingerprint density at radius 1 is 0.782 bits per heavy atom. The maximum Gasteiger partial charge on any atom is 0.270 e. The number of anilines is 2. The number of nitrogens with one attached hydrogen (secondary N) is 1. The van der Waals surface area contributed by atoms with E-state index in [1.54, 1.807) is 18.7 Å². The van der Waals surface area contributed by atoms with Gasteiger partial charge in [0, 0.05) is 34.4 Å². The molecular weight excluding hydrogens is 687 g/mol. The number of nitrogen functional groups attached to an aromatic ring is 1. The summed E-state index contributed by atoms with van der Waals surface area (Å²) in [6.45, 7) is 0.423. The summed E-state index contributed by atoms with van der Waals surface area (Å²) >= 11 is 0. The Labute approximate surface area is 316 Å². The van der Waals surface area contributed by atoms with Crippen molar-refractivity contribution in [2.24, 2.45) is 0 Å². The summed E-state index contributed by atoms with van der Waals surface area (Å²) < 4.78 is 20.2. The van der Waals surface area contributed by atoms with Crippen LogP contribution < -0.4 is 15.8 Å². The summed E-state index contributed by atoms with van der Waals surface area (Å²) in [4.78, 5) is 19.4. The summed E-state index contributed by atoms with van der Waals surface area (Å²) in [7, 11) is 0. The first-order valence-corrected chi connectivity index (χ1v) is 18.3. The SMILES string of the molecule is Nc1ncccc1-c1nc2ccc(-c3ccccc3)nc2n1-c1ccc2c(c1)CC[C@@H]2Nc1nccc2c(C3OC=CO3)c(OCc3ccccc3)ccc12. The Morgan fingerprint density at radius 2 is 1.62 bits per heavy atom. The van der Waals surface area contributed by atoms with Crippen molar-refractivity contribution >= 4 is 33.6 Å². The minimum absolute atomic E-state index is 0.0519. The van der Waals surface area contributed by atoms with Gasteiger partial charge in [0.1, 0.15) is 42.0 Å². The number of aryl methyl sites for hydroxylation is 1. The maximum absolute atomic E-state index is 6.43. The highest BCUT2D eigenvalue weighted by Crippen LogP contribution is 2.42. The third-order valence-corrected chi connectivity index (χ3v) is 10.3. The van der Waals surface area contributed by atoms with E-state index in [1.165, 1.54) is 11.1 Å². The number of nitrogens with two attached hydrogens (primary N) is 1. The van der Waals surface area contributed by atoms with Crippen LogP contribution in [0.4, 0.5) is 11.6 Å². The lowest BCUT2D eigenvalue weighted by molar-refractivity contribution is -0.0253. The average molecular weight is 722 g/mol. The second-order valence-corrected chi connectivity index (χ2v) is 13.6. The molecule has 2 aliphatic rings. The number of rotatable bonds is 9. The zero-order chi connectivity index (χ0) is 36.7. The van der Waals surface area contributed by atoms with Gasteiger partial charge in [-0.05, 0) is 84.1 Å². The molecule has 0 spiro atoms. The number of nitrogens with zero attached hydrogens (tertiary/aromatic N) is 5. The molecule has 0 unspecified atom stereocenters. The number of aromatic nitrogens is 5. The highest BCUT2D eigenvalue weighted by atomic mass is 16.7. The van der Waals surface area contributed by atoms with E-state index in [0.717, 1.165) is 74.2 Å². The molecule has 0 saturated carbocycles. The quantitative estimate of drug-likeness (QED) is 0.150. The van der Waals surface area contributed by atoms with Crippen LogP contribution in [0.3, 0.4) is 0 Å². The van der Waals surface area contributed by atoms with Crippen LogP contribution in [0.2, 0.25) is 0 Å². The second kappa shape index (κ2) is 13.7. The number of benzene rings is 4. The molecule has 10 heteroatoms. The molecule has 55 heavy (non-hydrogen) atoms. The van der Waals surface area contributed by atoms with E-state index in [1.807, 2.05) is 91.1 Å². The molecule has 0 bridgehead atoms. The van der Waals surface area contributed by atoms with Crippen molar-refractivity contribution in [1.29, 1.82) is 0 Å². The lowest BCUT2D eigenvalue weighted by atomic mass is 10.0. The van der Waals surface area contributed by atoms with Crippen molar-refractivity contribution in [2.75, 3.05) is 11.1 Å². The predicted molar refractivity (Wildman–Crippen MR) is 213 cm³/mol. The molecule has 5 heterocycles. The molecule has 0 amide bonds. The monoisotopic (exact) mass is 721 g/mol. The van der Waals surface area contributed by atoms with Gasteiger partial charge in [0.2, 0.25) is 0 Å². The van der Waals surface area contributed by atoms with E-state index in [4.69, 9.17) is 34.9 Å². The van der Waals surface area contributed by atoms with E-state index in [9.17, 15) is 0 Å². The van der Waals surface area contributed by atoms with Crippen molar-refractivity contribution in [2.45, 2.75) is 31.8 Å². The van der Waals surface area contributed by atoms with Crippen LogP contribution in [0, 0.1) is 0 Å². The minimum atomic E-state index is -0.625. The van der Waals surface area contributed by atoms with Crippen molar-refractivity contribution < 1.29 is 14.2 Å². The highest BCUT2D eigenvalue weighted by molar-refractivity contribution is 5.96. The Hall–Kier alpha value is -7.20. The molecule has 8 aromatic rings. The molecule has 1 atom stereocenters. The van der Waals surface area contributed by atoms with Crippen molar-refractivity contribution in [3.63, 3.8) is 0 Å². The number of fused-ring (bicyclic) bond motifs is 3. The van der Waals surface area contributed by atoms with Gasteiger partial charge in [-0.15, -0.1) is 0 Å². The summed E-state index contributed by atoms with van der Waals surface area (Å²) in [6.07, 6.45) is 7.82. The Kier molecular flexibility index (Phi) is 8.05. The number of hydrogen-bond donors (Lipinski definition) is 2. The van der Waals surface area contributed by atoms with Gasteiger partial charge in [0.05, 0.1) is 22.9 Å². The lowest BCUT2D eigenvalue weighted by Crippen LogP contribution is -2.10. The molecule has 3 N–H and O–H groups in total. The van der Waals surface area contributed by atoms with E-state index in [2.05, 4.69) is 51.3 Å². The number of imidazole rings is 1. The van der Waals surface area contributed by atoms with Gasteiger partial charge in [-0.25, -0.2) is 19.9 Å². The number of ether oxygens (including phenoxy) is 3. The van der Waals surface area contributed by atoms with Gasteiger partial charge in [-0.3, -0.25) is 4.57 Å². The average Bonchev–Trinajstić information content (AvgIpc) is 4.00. The molecule has 4 aromatic carbocycles. The Morgan fingerprint density at radius 3 is 2.45 bits per heavy atom. The van der Waals surface area contributed by atoms with Crippen molar-refractivity contribution in [3.05, 3.63) is 168 Å². The third-order valence-electron chi connectivity index (χ3n) is 10.3. The highest BCUT2D eigenvalue weighted by Gasteiger charge is 2.28. The Bertz CT molecular complexity index is 2720. The zero-order valence-corrected chi connectivity index (χ0v) is 29.7. The Balaban J connectivity index is 1.00. The second-order valence-electron chi connectivity index (χ2n) is 13.6. The molecular formula is C45H35N7O3. The van der Waals surface area contributed by atoms with Crippen LogP contribution in [0.1, 0.15) is 41.0 Å². The first-order valence-electron chi connectivity index (χ1n) is 18.3. The third kappa shape index (κ3) is 5.94. The molecule has 10 nitrogen and oxygen atoms in total. The fraction of sp³-hybridized carbons (Fsp3) is 0.111. The van der Waals surface area contributed by atoms with Crippen molar-refractivity contribution in [3.8, 4) is 34.1 Å². The predicted octanol–water partition coefficient (Wildman–Crippen LogP) is 9.47. The fourth-order valence-corrected chi connectivity index (χ4v) is 7.67. The summed E-state index contributed by atoms with van der Waals surface area (Å²) in [6, 6.07) is 40.8. The molecule has 0 fully saturated rings. The van der Waals surface area contributed by atoms with Gasteiger partial charge < -0.3 is 25.3 Å². The van der Waals surface area contributed by atoms with Crippen LogP contribution >= 0.6 is 0 Å². The van der Waals surface area contributed by atoms with Crippen LogP contribution in [0.25, 0.3) is 50.3 Å². The number of hydrogen-bond acceptors (Lipinski definition) is 9. The van der Waals surface area contributed by atoms with E-state index < -0.39 is 6.29 Å². The topological polar surface area (TPSA) is 122 Å². The first kappa shape index (κ1) is 32.5. The normalized spacial score (nSPS) is 14.9. The minimum Gasteiger partial charge on any atom is -0.488 e. The van der Waals surface area contributed by atoms with E-state index >= 15 is 0 Å². The first-order chi connectivity index (χ1) is 27.2. The van der Waals surface area contributed by atoms with Gasteiger partial charge in [-0.2, -0.15) is 0 Å². The van der Waals surface area contributed by atoms with Crippen LogP contribution in [0.15, 0.2) is 146 Å². The van der Waals surface area contributed by atoms with E-state index in [0.29, 0.717) is 24.0 Å². The van der Waals surface area contributed by atoms with Gasteiger partial charge in [-0.1, -0.05) is 66.7 Å². The van der Waals surface area contributed by atoms with Crippen LogP contribution in [0.5, 0.6) is 5.75 Å². The molecule has 0 saturated heterocycles. The summed E-state index contributed by atoms with van der Waals surface area (Å²) in [5.74, 6) is 2.59. The van der Waals surface area contributed by atoms with Gasteiger partial charge >= 0.3 is 0 Å². The molecule has 268 valence electrons. The molecule has 10 rings (SSSR count). The smallest absolute Gasteiger partial charge is 0.270 e. The van der Waals surface area contributed by atoms with Crippen LogP contribution in [-0.4, -0.2) is 24.5 Å². The van der Waals surface area contributed by atoms with Gasteiger partial charge in [0.25, 0.3) is 6.29 Å². The largest absolute Gasteiger partial charge is 0.488 e. The van der Waals surface area contributed by atoms with Crippen LogP contribution in [-0.2, 0) is 22.5 Å². The fourth-order valence-electron chi connectivity index (χ4n) is 7.67. The van der Waals surface area contributed by atoms with E-state index in [-0.39, 0.29) is 6.04 Å². The number of pyridine rings is 3. The maximum atomic E-state index is 6.43. The lowest BCUT2D eigenvalue weighted by Gasteiger charge is -2.21. The standard InChI is InChI=1S/C45H35N7O3/c46-41-35(12-7-22-47-41)43-51-38-19-18-36(29-10-5-2-6-11-29)50-44(38)52(43)31-14-15-32-30(26-31)13-17-37(32)49-42-34-16-20-39(55-27-28-8-3-1-4-9-28)40(33(34)21-23-48-42)45-53-24-25-54-45/h1-12,14-16,18-26,37,45H,13,17,27H2,(H2,46,47)(H,48,49)/t37-/m0/s1. The molecule has 0 radical (unpaired) electrons.